The van der Waals surface area contributed by atoms with Crippen molar-refractivity contribution in [2.45, 2.75) is 23.9 Å². The summed E-state index contributed by atoms with van der Waals surface area (Å²) in [6.07, 6.45) is 18.1. The van der Waals surface area contributed by atoms with Crippen molar-refractivity contribution in [1.29, 1.82) is 0 Å². The fourth-order valence-electron chi connectivity index (χ4n) is 8.94. The molecule has 4 aliphatic rings. The highest BCUT2D eigenvalue weighted by Crippen LogP contribution is 2.51. The Hall–Kier alpha value is -7.11. The zero-order chi connectivity index (χ0) is 37.0. The quantitative estimate of drug-likeness (QED) is 0.171. The van der Waals surface area contributed by atoms with Gasteiger partial charge in [0, 0.05) is 51.3 Å². The summed E-state index contributed by atoms with van der Waals surface area (Å²) in [5, 5.41) is 0. The Morgan fingerprint density at radius 1 is 0.339 bits per heavy atom. The largest absolute Gasteiger partial charge is 0.333 e. The number of hydrogen-bond donors (Lipinski definition) is 0. The van der Waals surface area contributed by atoms with Gasteiger partial charge in [-0.3, -0.25) is 0 Å². The molecule has 4 unspecified atom stereocenters. The lowest BCUT2D eigenvalue weighted by Crippen LogP contribution is -2.28. The highest BCUT2D eigenvalue weighted by Gasteiger charge is 2.39. The number of aromatic nitrogens is 3. The normalized spacial score (nSPS) is 19.8. The third-order valence-electron chi connectivity index (χ3n) is 11.6. The molecule has 0 saturated carbocycles. The number of allylic oxidation sites excluding steroid dienone is 4. The van der Waals surface area contributed by atoms with Gasteiger partial charge in [0.2, 0.25) is 0 Å². The summed E-state index contributed by atoms with van der Waals surface area (Å²) in [5.41, 5.74) is 13.0. The van der Waals surface area contributed by atoms with Gasteiger partial charge in [0.1, 0.15) is 0 Å². The van der Waals surface area contributed by atoms with Gasteiger partial charge in [-0.1, -0.05) is 140 Å². The number of benzene rings is 6. The Bertz CT molecular complexity index is 2660. The molecule has 11 rings (SSSR count). The van der Waals surface area contributed by atoms with E-state index in [9.17, 15) is 0 Å². The summed E-state index contributed by atoms with van der Waals surface area (Å²) in [5.74, 6) is 2.54. The summed E-state index contributed by atoms with van der Waals surface area (Å²) in [4.78, 5) is 19.8. The van der Waals surface area contributed by atoms with Gasteiger partial charge in [-0.25, -0.2) is 15.0 Å². The lowest BCUT2D eigenvalue weighted by Gasteiger charge is -2.28. The van der Waals surface area contributed by atoms with Crippen molar-refractivity contribution in [1.82, 2.24) is 15.0 Å². The van der Waals surface area contributed by atoms with Crippen LogP contribution in [0.4, 0.5) is 22.7 Å². The predicted molar refractivity (Wildman–Crippen MR) is 228 cm³/mol. The molecule has 5 heteroatoms. The monoisotopic (exact) mass is 719 g/mol. The van der Waals surface area contributed by atoms with Crippen LogP contribution in [0.25, 0.3) is 45.3 Å². The van der Waals surface area contributed by atoms with Crippen LogP contribution in [0.3, 0.4) is 0 Å². The Kier molecular flexibility index (Phi) is 7.69. The van der Waals surface area contributed by atoms with E-state index in [-0.39, 0.29) is 18.0 Å². The van der Waals surface area contributed by atoms with E-state index in [1.807, 2.05) is 60.7 Å². The molecular formula is C51H37N5. The molecule has 3 heterocycles. The zero-order valence-electron chi connectivity index (χ0n) is 30.6. The van der Waals surface area contributed by atoms with E-state index in [1.54, 1.807) is 0 Å². The Morgan fingerprint density at radius 3 is 1.18 bits per heavy atom. The molecule has 0 saturated heterocycles. The van der Waals surface area contributed by atoms with E-state index in [0.717, 1.165) is 22.4 Å². The summed E-state index contributed by atoms with van der Waals surface area (Å²) in [6, 6.07) is 54.2. The molecule has 0 bridgehead atoms. The molecule has 56 heavy (non-hydrogen) atoms. The van der Waals surface area contributed by atoms with Gasteiger partial charge in [-0.15, -0.1) is 0 Å². The molecule has 6 aromatic carbocycles. The fraction of sp³-hybridized carbons (Fsp3) is 0.0784. The van der Waals surface area contributed by atoms with Crippen LogP contribution in [0.2, 0.25) is 0 Å². The summed E-state index contributed by atoms with van der Waals surface area (Å²) < 4.78 is 0. The number of nitrogens with zero attached hydrogens (tertiary/aromatic N) is 5. The van der Waals surface area contributed by atoms with Gasteiger partial charge in [-0.2, -0.15) is 0 Å². The van der Waals surface area contributed by atoms with E-state index >= 15 is 0 Å². The highest BCUT2D eigenvalue weighted by molar-refractivity contribution is 5.83. The second kappa shape index (κ2) is 13.3. The van der Waals surface area contributed by atoms with Crippen LogP contribution in [-0.2, 0) is 0 Å². The molecule has 4 atom stereocenters. The lowest BCUT2D eigenvalue weighted by atomic mass is 9.88. The van der Waals surface area contributed by atoms with E-state index in [4.69, 9.17) is 15.0 Å². The number of anilines is 4. The van der Waals surface area contributed by atoms with Crippen molar-refractivity contribution in [3.05, 3.63) is 211 Å². The molecule has 0 N–H and O–H groups in total. The van der Waals surface area contributed by atoms with Gasteiger partial charge >= 0.3 is 0 Å². The molecule has 1 aromatic heterocycles. The third kappa shape index (κ3) is 5.43. The van der Waals surface area contributed by atoms with Gasteiger partial charge in [0.25, 0.3) is 0 Å². The van der Waals surface area contributed by atoms with Gasteiger partial charge in [0.05, 0.1) is 12.1 Å². The first-order chi connectivity index (χ1) is 27.8. The topological polar surface area (TPSA) is 45.2 Å². The van der Waals surface area contributed by atoms with Crippen LogP contribution >= 0.6 is 0 Å². The first-order valence-electron chi connectivity index (χ1n) is 19.4. The van der Waals surface area contributed by atoms with Gasteiger partial charge < -0.3 is 9.80 Å². The van der Waals surface area contributed by atoms with Crippen LogP contribution in [0.15, 0.2) is 200 Å². The third-order valence-corrected chi connectivity index (χ3v) is 11.6. The molecule has 5 nitrogen and oxygen atoms in total. The van der Waals surface area contributed by atoms with Crippen LogP contribution in [-0.4, -0.2) is 27.0 Å². The Labute approximate surface area is 327 Å². The van der Waals surface area contributed by atoms with Crippen LogP contribution in [0.5, 0.6) is 0 Å². The minimum atomic E-state index is 0.182. The first kappa shape index (κ1) is 32.3. The molecule has 0 radical (unpaired) electrons. The van der Waals surface area contributed by atoms with Crippen molar-refractivity contribution in [3.63, 3.8) is 0 Å². The van der Waals surface area contributed by atoms with Crippen LogP contribution in [0.1, 0.15) is 23.0 Å². The second-order valence-corrected chi connectivity index (χ2v) is 14.8. The Morgan fingerprint density at radius 2 is 0.714 bits per heavy atom. The summed E-state index contributed by atoms with van der Waals surface area (Å²) in [7, 11) is 0. The molecule has 0 fully saturated rings. The Balaban J connectivity index is 0.943. The molecule has 2 aliphatic carbocycles. The standard InChI is InChI=1S/C51H37N5/c1-4-14-34(15-5-1)49-52-50(35-16-6-2-7-17-35)54-51(53-49)36-24-28-40(29-25-36)56-46-23-13-11-21-42(46)44-33-38(27-31-48(44)56)37-26-30-47-43(32-37)41-20-10-12-22-45(41)55(47)39-18-8-3-9-19-39/h1-33,41-42,45-46H. The van der Waals surface area contributed by atoms with Crippen molar-refractivity contribution in [2.75, 3.05) is 9.80 Å². The molecule has 7 aromatic rings. The lowest BCUT2D eigenvalue weighted by molar-refractivity contribution is 0.744. The number of rotatable bonds is 6. The fourth-order valence-corrected chi connectivity index (χ4v) is 8.94. The molecular weight excluding hydrogens is 683 g/mol. The number of hydrogen-bond acceptors (Lipinski definition) is 5. The molecule has 0 amide bonds. The smallest absolute Gasteiger partial charge is 0.164 e. The van der Waals surface area contributed by atoms with Gasteiger partial charge in [-0.05, 0) is 82.9 Å². The highest BCUT2D eigenvalue weighted by atomic mass is 15.2. The van der Waals surface area contributed by atoms with Crippen LogP contribution < -0.4 is 9.80 Å². The maximum absolute atomic E-state index is 4.96. The molecule has 266 valence electrons. The average molecular weight is 720 g/mol. The number of fused-ring (bicyclic) bond motifs is 6. The van der Waals surface area contributed by atoms with Crippen LogP contribution in [0, 0.1) is 0 Å². The summed E-state index contributed by atoms with van der Waals surface area (Å²) >= 11 is 0. The minimum absolute atomic E-state index is 0.182. The van der Waals surface area contributed by atoms with Gasteiger partial charge in [0.15, 0.2) is 17.5 Å². The zero-order valence-corrected chi connectivity index (χ0v) is 30.6. The maximum Gasteiger partial charge on any atom is 0.164 e. The SMILES string of the molecule is C1=CC2c3cc(-c4ccc5c(c4)C4C=CC=CC4N5c4ccc(-c5nc(-c6ccccc6)nc(-c6ccccc6)n5)cc4)ccc3N(c3ccccc3)C2C=C1. The van der Waals surface area contributed by atoms with Crippen molar-refractivity contribution in [3.8, 4) is 45.3 Å². The average Bonchev–Trinajstić information content (AvgIpc) is 3.79. The number of para-hydroxylation sites is 1. The van der Waals surface area contributed by atoms with E-state index in [0.29, 0.717) is 23.4 Å². The van der Waals surface area contributed by atoms with Crippen molar-refractivity contribution < 1.29 is 0 Å². The second-order valence-electron chi connectivity index (χ2n) is 14.8. The van der Waals surface area contributed by atoms with Crippen molar-refractivity contribution >= 4 is 22.7 Å². The molecule has 0 spiro atoms. The van der Waals surface area contributed by atoms with Crippen molar-refractivity contribution in [2.24, 2.45) is 0 Å². The van der Waals surface area contributed by atoms with E-state index in [2.05, 4.69) is 149 Å². The summed E-state index contributed by atoms with van der Waals surface area (Å²) in [6.45, 7) is 0. The maximum atomic E-state index is 4.96. The minimum Gasteiger partial charge on any atom is -0.333 e. The van der Waals surface area contributed by atoms with E-state index in [1.165, 1.54) is 39.3 Å². The molecule has 2 aliphatic heterocycles. The van der Waals surface area contributed by atoms with E-state index < -0.39 is 0 Å². The first-order valence-corrected chi connectivity index (χ1v) is 19.4. The predicted octanol–water partition coefficient (Wildman–Crippen LogP) is 12.0.